The van der Waals surface area contributed by atoms with Crippen LogP contribution in [0.15, 0.2) is 24.3 Å². The third kappa shape index (κ3) is 3.44. The van der Waals surface area contributed by atoms with E-state index in [1.165, 1.54) is 6.42 Å². The van der Waals surface area contributed by atoms with Gasteiger partial charge in [0, 0.05) is 29.6 Å². The van der Waals surface area contributed by atoms with E-state index in [2.05, 4.69) is 6.92 Å². The van der Waals surface area contributed by atoms with Crippen molar-refractivity contribution in [1.82, 2.24) is 4.90 Å². The van der Waals surface area contributed by atoms with Gasteiger partial charge in [-0.25, -0.2) is 0 Å². The molecule has 0 bridgehead atoms. The van der Waals surface area contributed by atoms with Crippen molar-refractivity contribution in [3.05, 3.63) is 29.8 Å². The summed E-state index contributed by atoms with van der Waals surface area (Å²) in [6.45, 7) is 2.19. The second-order valence-corrected chi connectivity index (χ2v) is 6.66. The molecule has 1 saturated carbocycles. The van der Waals surface area contributed by atoms with Gasteiger partial charge >= 0.3 is 0 Å². The summed E-state index contributed by atoms with van der Waals surface area (Å²) < 4.78 is 0. The molecule has 0 spiro atoms. The SMILES string of the molecule is CCS[C@@H]1CC[C@@H](N(C)C(=O)c2cccc(N)c2)C1. The Balaban J connectivity index is 2.00. The predicted octanol–water partition coefficient (Wildman–Crippen LogP) is 3.02. The summed E-state index contributed by atoms with van der Waals surface area (Å²) in [5, 5.41) is 0.714. The number of benzene rings is 1. The lowest BCUT2D eigenvalue weighted by molar-refractivity contribution is 0.0735. The van der Waals surface area contributed by atoms with Crippen LogP contribution in [0.1, 0.15) is 36.5 Å². The van der Waals surface area contributed by atoms with E-state index in [1.807, 2.05) is 35.8 Å². The molecule has 2 atom stereocenters. The van der Waals surface area contributed by atoms with E-state index in [1.54, 1.807) is 12.1 Å². The third-order valence-corrected chi connectivity index (χ3v) is 4.99. The lowest BCUT2D eigenvalue weighted by Gasteiger charge is -2.25. The highest BCUT2D eigenvalue weighted by Crippen LogP contribution is 2.32. The predicted molar refractivity (Wildman–Crippen MR) is 82.5 cm³/mol. The Hall–Kier alpha value is -1.16. The van der Waals surface area contributed by atoms with Gasteiger partial charge in [0.05, 0.1) is 0 Å². The van der Waals surface area contributed by atoms with E-state index in [9.17, 15) is 4.79 Å². The number of amides is 1. The van der Waals surface area contributed by atoms with Gasteiger partial charge in [0.25, 0.3) is 5.91 Å². The molecule has 1 aliphatic carbocycles. The first-order valence-corrected chi connectivity index (χ1v) is 7.91. The minimum Gasteiger partial charge on any atom is -0.399 e. The average molecular weight is 278 g/mol. The monoisotopic (exact) mass is 278 g/mol. The smallest absolute Gasteiger partial charge is 0.253 e. The van der Waals surface area contributed by atoms with Crippen LogP contribution >= 0.6 is 11.8 Å². The molecule has 0 unspecified atom stereocenters. The van der Waals surface area contributed by atoms with E-state index in [-0.39, 0.29) is 5.91 Å². The fourth-order valence-corrected chi connectivity index (χ4v) is 3.83. The zero-order valence-corrected chi connectivity index (χ0v) is 12.5. The van der Waals surface area contributed by atoms with Crippen molar-refractivity contribution in [3.8, 4) is 0 Å². The van der Waals surface area contributed by atoms with Gasteiger partial charge in [-0.1, -0.05) is 13.0 Å². The average Bonchev–Trinajstić information content (AvgIpc) is 2.86. The van der Waals surface area contributed by atoms with E-state index in [0.29, 0.717) is 22.5 Å². The van der Waals surface area contributed by atoms with Crippen LogP contribution in [0.25, 0.3) is 0 Å². The molecule has 1 aromatic rings. The number of anilines is 1. The number of nitrogens with two attached hydrogens (primary N) is 1. The van der Waals surface area contributed by atoms with Gasteiger partial charge in [0.15, 0.2) is 0 Å². The van der Waals surface area contributed by atoms with Crippen molar-refractivity contribution < 1.29 is 4.79 Å². The Kier molecular flexibility index (Phi) is 4.75. The molecule has 0 saturated heterocycles. The number of thioether (sulfide) groups is 1. The Morgan fingerprint density at radius 2 is 2.26 bits per heavy atom. The molecule has 0 heterocycles. The van der Waals surface area contributed by atoms with Crippen LogP contribution in [0, 0.1) is 0 Å². The minimum absolute atomic E-state index is 0.0828. The van der Waals surface area contributed by atoms with Crippen molar-refractivity contribution in [3.63, 3.8) is 0 Å². The van der Waals surface area contributed by atoms with Crippen LogP contribution in [-0.4, -0.2) is 34.9 Å². The number of nitrogens with zero attached hydrogens (tertiary/aromatic N) is 1. The topological polar surface area (TPSA) is 46.3 Å². The van der Waals surface area contributed by atoms with Gasteiger partial charge in [-0.3, -0.25) is 4.79 Å². The highest BCUT2D eigenvalue weighted by atomic mass is 32.2. The van der Waals surface area contributed by atoms with Gasteiger partial charge in [0.1, 0.15) is 0 Å². The summed E-state index contributed by atoms with van der Waals surface area (Å²) in [4.78, 5) is 14.3. The quantitative estimate of drug-likeness (QED) is 0.861. The third-order valence-electron chi connectivity index (χ3n) is 3.76. The van der Waals surface area contributed by atoms with Gasteiger partial charge in [-0.05, 0) is 43.2 Å². The molecule has 4 heteroatoms. The van der Waals surface area contributed by atoms with Crippen LogP contribution in [0.3, 0.4) is 0 Å². The van der Waals surface area contributed by atoms with Crippen molar-refractivity contribution in [2.24, 2.45) is 0 Å². The first-order chi connectivity index (χ1) is 9.11. The Morgan fingerprint density at radius 3 is 2.95 bits per heavy atom. The maximum atomic E-state index is 12.4. The maximum Gasteiger partial charge on any atom is 0.253 e. The van der Waals surface area contributed by atoms with Crippen LogP contribution in [0.4, 0.5) is 5.69 Å². The molecule has 104 valence electrons. The number of carbonyl (C=O) groups excluding carboxylic acids is 1. The summed E-state index contributed by atoms with van der Waals surface area (Å²) in [7, 11) is 1.91. The summed E-state index contributed by atoms with van der Waals surface area (Å²) in [6, 6.07) is 7.60. The van der Waals surface area contributed by atoms with Crippen molar-refractivity contribution >= 4 is 23.4 Å². The number of hydrogen-bond acceptors (Lipinski definition) is 3. The molecule has 2 rings (SSSR count). The Morgan fingerprint density at radius 1 is 1.47 bits per heavy atom. The molecule has 2 N–H and O–H groups in total. The number of rotatable bonds is 4. The van der Waals surface area contributed by atoms with Crippen LogP contribution in [0.5, 0.6) is 0 Å². The Labute approximate surface area is 119 Å². The van der Waals surface area contributed by atoms with Gasteiger partial charge in [-0.2, -0.15) is 11.8 Å². The number of nitrogen functional groups attached to an aromatic ring is 1. The Bertz CT molecular complexity index is 450. The van der Waals surface area contributed by atoms with E-state index in [4.69, 9.17) is 5.73 Å². The largest absolute Gasteiger partial charge is 0.399 e. The first-order valence-electron chi connectivity index (χ1n) is 6.86. The fourth-order valence-electron chi connectivity index (χ4n) is 2.70. The minimum atomic E-state index is 0.0828. The lowest BCUT2D eigenvalue weighted by atomic mass is 10.1. The molecular formula is C15H22N2OS. The van der Waals surface area contributed by atoms with Gasteiger partial charge in [-0.15, -0.1) is 0 Å². The van der Waals surface area contributed by atoms with E-state index in [0.717, 1.165) is 18.6 Å². The second-order valence-electron chi connectivity index (χ2n) is 5.09. The first kappa shape index (κ1) is 14.3. The molecule has 0 aromatic heterocycles. The molecule has 1 aliphatic rings. The zero-order chi connectivity index (χ0) is 13.8. The van der Waals surface area contributed by atoms with Crippen LogP contribution in [0.2, 0.25) is 0 Å². The van der Waals surface area contributed by atoms with Crippen LogP contribution < -0.4 is 5.73 Å². The van der Waals surface area contributed by atoms with Crippen molar-refractivity contribution in [1.29, 1.82) is 0 Å². The highest BCUT2D eigenvalue weighted by Gasteiger charge is 2.30. The molecular weight excluding hydrogens is 256 g/mol. The summed E-state index contributed by atoms with van der Waals surface area (Å²) in [6.07, 6.45) is 3.45. The molecule has 3 nitrogen and oxygen atoms in total. The highest BCUT2D eigenvalue weighted by molar-refractivity contribution is 7.99. The standard InChI is InChI=1S/C15H22N2OS/c1-3-19-14-8-7-13(10-14)17(2)15(18)11-5-4-6-12(16)9-11/h4-6,9,13-14H,3,7-8,10,16H2,1-2H3/t13-,14-/m1/s1. The number of hydrogen-bond donors (Lipinski definition) is 1. The molecule has 1 amide bonds. The summed E-state index contributed by atoms with van der Waals surface area (Å²) in [5.41, 5.74) is 7.07. The maximum absolute atomic E-state index is 12.4. The summed E-state index contributed by atoms with van der Waals surface area (Å²) >= 11 is 2.01. The van der Waals surface area contributed by atoms with Gasteiger partial charge in [0.2, 0.25) is 0 Å². The summed E-state index contributed by atoms with van der Waals surface area (Å²) in [5.74, 6) is 1.24. The van der Waals surface area contributed by atoms with Crippen molar-refractivity contribution in [2.75, 3.05) is 18.5 Å². The van der Waals surface area contributed by atoms with Crippen LogP contribution in [-0.2, 0) is 0 Å². The van der Waals surface area contributed by atoms with Gasteiger partial charge < -0.3 is 10.6 Å². The normalized spacial score (nSPS) is 22.4. The molecule has 19 heavy (non-hydrogen) atoms. The zero-order valence-electron chi connectivity index (χ0n) is 11.6. The molecule has 0 aliphatic heterocycles. The fraction of sp³-hybridized carbons (Fsp3) is 0.533. The molecule has 1 fully saturated rings. The number of carbonyl (C=O) groups is 1. The van der Waals surface area contributed by atoms with E-state index >= 15 is 0 Å². The second kappa shape index (κ2) is 6.33. The molecule has 1 aromatic carbocycles. The lowest BCUT2D eigenvalue weighted by Crippen LogP contribution is -2.35. The van der Waals surface area contributed by atoms with E-state index < -0.39 is 0 Å². The van der Waals surface area contributed by atoms with Crippen molar-refractivity contribution in [2.45, 2.75) is 37.5 Å². The molecule has 0 radical (unpaired) electrons.